The molecular weight excluding hydrogens is 320 g/mol. The first-order valence-corrected chi connectivity index (χ1v) is 8.19. The molecule has 1 aliphatic heterocycles. The van der Waals surface area contributed by atoms with E-state index in [-0.39, 0.29) is 0 Å². The third-order valence-corrected chi connectivity index (χ3v) is 4.43. The highest BCUT2D eigenvalue weighted by Gasteiger charge is 2.36. The van der Waals surface area contributed by atoms with Crippen LogP contribution in [0, 0.1) is 6.92 Å². The second-order valence-electron chi connectivity index (χ2n) is 6.42. The van der Waals surface area contributed by atoms with Gasteiger partial charge in [-0.25, -0.2) is 4.98 Å². The van der Waals surface area contributed by atoms with Crippen molar-refractivity contribution in [3.8, 4) is 11.5 Å². The van der Waals surface area contributed by atoms with Crippen molar-refractivity contribution in [2.45, 2.75) is 19.4 Å². The Kier molecular flexibility index (Phi) is 3.76. The Labute approximate surface area is 145 Å². The minimum absolute atomic E-state index is 0.452. The number of hydrogen-bond donors (Lipinski definition) is 0. The van der Waals surface area contributed by atoms with Gasteiger partial charge in [-0.1, -0.05) is 5.16 Å². The lowest BCUT2D eigenvalue weighted by Crippen LogP contribution is -2.48. The molecule has 1 saturated heterocycles. The van der Waals surface area contributed by atoms with E-state index in [0.29, 0.717) is 24.9 Å². The Bertz CT molecular complexity index is 889. The molecule has 0 aromatic carbocycles. The quantitative estimate of drug-likeness (QED) is 0.720. The van der Waals surface area contributed by atoms with Crippen LogP contribution in [-0.4, -0.2) is 44.6 Å². The van der Waals surface area contributed by atoms with Crippen molar-refractivity contribution in [1.82, 2.24) is 24.9 Å². The van der Waals surface area contributed by atoms with Crippen molar-refractivity contribution < 1.29 is 9.26 Å². The zero-order chi connectivity index (χ0) is 17.4. The van der Waals surface area contributed by atoms with E-state index in [2.05, 4.69) is 32.0 Å². The molecule has 4 heterocycles. The van der Waals surface area contributed by atoms with E-state index in [0.717, 1.165) is 23.5 Å². The number of morpholine rings is 1. The molecule has 0 amide bonds. The van der Waals surface area contributed by atoms with Crippen LogP contribution in [0.3, 0.4) is 0 Å². The molecule has 0 radical (unpaired) electrons. The normalized spacial score (nSPS) is 20.8. The van der Waals surface area contributed by atoms with Gasteiger partial charge in [-0.15, -0.1) is 0 Å². The highest BCUT2D eigenvalue weighted by molar-refractivity contribution is 5.70. The fraction of sp³-hybridized carbons (Fsp3) is 0.412. The molecular formula is C17H20N6O2. The summed E-state index contributed by atoms with van der Waals surface area (Å²) in [5.74, 6) is 1.91. The molecule has 4 rings (SSSR count). The van der Waals surface area contributed by atoms with Gasteiger partial charge in [-0.2, -0.15) is 10.1 Å². The van der Waals surface area contributed by atoms with Crippen LogP contribution in [0.1, 0.15) is 18.3 Å². The Morgan fingerprint density at radius 2 is 2.20 bits per heavy atom. The Hall–Kier alpha value is -2.74. The first-order chi connectivity index (χ1) is 12.0. The molecule has 0 saturated carbocycles. The topological polar surface area (TPSA) is 82.1 Å². The number of anilines is 1. The largest absolute Gasteiger partial charge is 0.367 e. The van der Waals surface area contributed by atoms with Crippen LogP contribution < -0.4 is 4.90 Å². The van der Waals surface area contributed by atoms with Crippen LogP contribution >= 0.6 is 0 Å². The van der Waals surface area contributed by atoms with Crippen LogP contribution in [0.25, 0.3) is 11.5 Å². The lowest BCUT2D eigenvalue weighted by Gasteiger charge is -2.41. The third-order valence-electron chi connectivity index (χ3n) is 4.43. The van der Waals surface area contributed by atoms with E-state index in [9.17, 15) is 0 Å². The van der Waals surface area contributed by atoms with E-state index in [1.807, 2.05) is 31.6 Å². The summed E-state index contributed by atoms with van der Waals surface area (Å²) in [6, 6.07) is 3.82. The van der Waals surface area contributed by atoms with Crippen LogP contribution in [0.2, 0.25) is 0 Å². The maximum Gasteiger partial charge on any atom is 0.261 e. The molecule has 25 heavy (non-hydrogen) atoms. The van der Waals surface area contributed by atoms with E-state index in [1.165, 1.54) is 0 Å². The number of rotatable bonds is 3. The van der Waals surface area contributed by atoms with E-state index in [4.69, 9.17) is 9.26 Å². The van der Waals surface area contributed by atoms with E-state index in [1.54, 1.807) is 17.8 Å². The van der Waals surface area contributed by atoms with Crippen molar-refractivity contribution in [2.24, 2.45) is 7.05 Å². The molecule has 0 unspecified atom stereocenters. The van der Waals surface area contributed by atoms with Crippen molar-refractivity contribution in [1.29, 1.82) is 0 Å². The van der Waals surface area contributed by atoms with Crippen molar-refractivity contribution >= 4 is 5.82 Å². The highest BCUT2D eigenvalue weighted by Crippen LogP contribution is 2.34. The smallest absolute Gasteiger partial charge is 0.261 e. The molecule has 0 aliphatic carbocycles. The average Bonchev–Trinajstić information content (AvgIpc) is 3.24. The second-order valence-corrected chi connectivity index (χ2v) is 6.42. The van der Waals surface area contributed by atoms with Gasteiger partial charge in [-0.05, 0) is 26.0 Å². The predicted molar refractivity (Wildman–Crippen MR) is 91.0 cm³/mol. The number of aryl methyl sites for hydroxylation is 2. The first kappa shape index (κ1) is 15.8. The minimum Gasteiger partial charge on any atom is -0.367 e. The monoisotopic (exact) mass is 340 g/mol. The summed E-state index contributed by atoms with van der Waals surface area (Å²) in [4.78, 5) is 11.1. The van der Waals surface area contributed by atoms with Crippen LogP contribution in [0.4, 0.5) is 5.82 Å². The molecule has 0 spiro atoms. The molecule has 3 aromatic heterocycles. The summed E-state index contributed by atoms with van der Waals surface area (Å²) in [5, 5.41) is 8.16. The zero-order valence-electron chi connectivity index (χ0n) is 14.5. The highest BCUT2D eigenvalue weighted by atomic mass is 16.5. The van der Waals surface area contributed by atoms with Gasteiger partial charge >= 0.3 is 0 Å². The molecule has 1 aliphatic rings. The van der Waals surface area contributed by atoms with Gasteiger partial charge in [0.25, 0.3) is 5.89 Å². The standard InChI is InChI=1S/C17H20N6O2/c1-12-20-16(25-21-12)14-5-4-6-18-15(14)23-7-8-24-17(2,11-23)13-9-19-22(3)10-13/h4-6,9-10H,7-8,11H2,1-3H3/t17-/m0/s1. The van der Waals surface area contributed by atoms with Gasteiger partial charge in [0.15, 0.2) is 5.82 Å². The summed E-state index contributed by atoms with van der Waals surface area (Å²) in [7, 11) is 1.90. The van der Waals surface area contributed by atoms with Gasteiger partial charge in [0.05, 0.1) is 24.9 Å². The number of nitrogens with zero attached hydrogens (tertiary/aromatic N) is 6. The van der Waals surface area contributed by atoms with Gasteiger partial charge in [0.1, 0.15) is 11.4 Å². The van der Waals surface area contributed by atoms with E-state index < -0.39 is 5.60 Å². The second kappa shape index (κ2) is 5.96. The molecule has 130 valence electrons. The summed E-state index contributed by atoms with van der Waals surface area (Å²) in [6.07, 6.45) is 5.62. The molecule has 1 atom stereocenters. The summed E-state index contributed by atoms with van der Waals surface area (Å²) < 4.78 is 13.2. The first-order valence-electron chi connectivity index (χ1n) is 8.19. The zero-order valence-corrected chi connectivity index (χ0v) is 14.5. The fourth-order valence-electron chi connectivity index (χ4n) is 3.14. The SMILES string of the molecule is Cc1noc(-c2cccnc2N2CCO[C@](C)(c3cnn(C)c3)C2)n1. The molecule has 8 nitrogen and oxygen atoms in total. The van der Waals surface area contributed by atoms with Gasteiger partial charge in [0, 0.05) is 31.5 Å². The minimum atomic E-state index is -0.452. The molecule has 3 aromatic rings. The summed E-state index contributed by atoms with van der Waals surface area (Å²) in [5.41, 5.74) is 1.43. The number of ether oxygens (including phenoxy) is 1. The Balaban J connectivity index is 1.68. The lowest BCUT2D eigenvalue weighted by molar-refractivity contribution is -0.0468. The van der Waals surface area contributed by atoms with Gasteiger partial charge in [-0.3, -0.25) is 4.68 Å². The summed E-state index contributed by atoms with van der Waals surface area (Å²) in [6.45, 7) is 5.89. The van der Waals surface area contributed by atoms with Crippen LogP contribution in [0.15, 0.2) is 35.2 Å². The van der Waals surface area contributed by atoms with Crippen LogP contribution in [-0.2, 0) is 17.4 Å². The van der Waals surface area contributed by atoms with Crippen molar-refractivity contribution in [2.75, 3.05) is 24.6 Å². The number of hydrogen-bond acceptors (Lipinski definition) is 7. The molecule has 8 heteroatoms. The van der Waals surface area contributed by atoms with Crippen LogP contribution in [0.5, 0.6) is 0 Å². The molecule has 0 N–H and O–H groups in total. The summed E-state index contributed by atoms with van der Waals surface area (Å²) >= 11 is 0. The Morgan fingerprint density at radius 1 is 1.32 bits per heavy atom. The molecule has 0 bridgehead atoms. The third kappa shape index (κ3) is 2.89. The van der Waals surface area contributed by atoms with E-state index >= 15 is 0 Å². The van der Waals surface area contributed by atoms with Crippen molar-refractivity contribution in [3.05, 3.63) is 42.1 Å². The van der Waals surface area contributed by atoms with Crippen molar-refractivity contribution in [3.63, 3.8) is 0 Å². The van der Waals surface area contributed by atoms with Gasteiger partial charge in [0.2, 0.25) is 0 Å². The maximum absolute atomic E-state index is 6.09. The average molecular weight is 340 g/mol. The molecule has 1 fully saturated rings. The number of aromatic nitrogens is 5. The predicted octanol–water partition coefficient (Wildman–Crippen LogP) is 1.93. The van der Waals surface area contributed by atoms with Gasteiger partial charge < -0.3 is 14.2 Å². The lowest BCUT2D eigenvalue weighted by atomic mass is 9.96. The number of pyridine rings is 1. The Morgan fingerprint density at radius 3 is 2.92 bits per heavy atom. The maximum atomic E-state index is 6.09. The fourth-order valence-corrected chi connectivity index (χ4v) is 3.14.